The van der Waals surface area contributed by atoms with Gasteiger partial charge in [-0.3, -0.25) is 0 Å². The van der Waals surface area contributed by atoms with Gasteiger partial charge in [0.1, 0.15) is 4.60 Å². The highest BCUT2D eigenvalue weighted by molar-refractivity contribution is 9.10. The minimum absolute atomic E-state index is 0.0801. The van der Waals surface area contributed by atoms with Crippen molar-refractivity contribution in [3.8, 4) is 0 Å². The smallest absolute Gasteiger partial charge is 0.340 e. The number of hydrogen-bond acceptors (Lipinski definition) is 4. The average molecular weight is 295 g/mol. The van der Waals surface area contributed by atoms with E-state index in [4.69, 9.17) is 5.73 Å². The van der Waals surface area contributed by atoms with E-state index in [-0.39, 0.29) is 22.4 Å². The molecule has 0 fully saturated rings. The number of pyridine rings is 1. The van der Waals surface area contributed by atoms with Crippen LogP contribution in [0.2, 0.25) is 0 Å². The molecule has 0 atom stereocenters. The summed E-state index contributed by atoms with van der Waals surface area (Å²) in [5.74, 6) is -0.865. The van der Waals surface area contributed by atoms with E-state index in [9.17, 15) is 13.6 Å². The lowest BCUT2D eigenvalue weighted by atomic mass is 10.1. The molecule has 1 aromatic rings. The molecule has 0 amide bonds. The van der Waals surface area contributed by atoms with E-state index in [2.05, 4.69) is 25.7 Å². The predicted molar refractivity (Wildman–Crippen MR) is 56.1 cm³/mol. The van der Waals surface area contributed by atoms with Gasteiger partial charge in [0.05, 0.1) is 18.4 Å². The van der Waals surface area contributed by atoms with Gasteiger partial charge in [-0.05, 0) is 22.0 Å². The molecule has 0 unspecified atom stereocenters. The van der Waals surface area contributed by atoms with Crippen molar-refractivity contribution >= 4 is 21.9 Å². The van der Waals surface area contributed by atoms with Crippen molar-refractivity contribution in [3.63, 3.8) is 0 Å². The lowest BCUT2D eigenvalue weighted by Crippen LogP contribution is -2.15. The molecule has 0 aliphatic carbocycles. The number of esters is 1. The van der Waals surface area contributed by atoms with Crippen molar-refractivity contribution in [1.82, 2.24) is 4.98 Å². The predicted octanol–water partition coefficient (Wildman–Crippen LogP) is 2.03. The maximum atomic E-state index is 12.7. The summed E-state index contributed by atoms with van der Waals surface area (Å²) in [5, 5.41) is 0. The summed E-state index contributed by atoms with van der Waals surface area (Å²) < 4.78 is 30.1. The zero-order valence-electron chi connectivity index (χ0n) is 8.34. The zero-order valence-corrected chi connectivity index (χ0v) is 9.92. The topological polar surface area (TPSA) is 65.2 Å². The van der Waals surface area contributed by atoms with Gasteiger partial charge in [-0.1, -0.05) is 0 Å². The second kappa shape index (κ2) is 5.31. The van der Waals surface area contributed by atoms with Crippen LogP contribution in [0.1, 0.15) is 28.0 Å². The third kappa shape index (κ3) is 2.53. The monoisotopic (exact) mass is 294 g/mol. The van der Waals surface area contributed by atoms with Crippen LogP contribution in [0.15, 0.2) is 10.7 Å². The molecular weight excluding hydrogens is 286 g/mol. The summed E-state index contributed by atoms with van der Waals surface area (Å²) >= 11 is 2.98. The highest BCUT2D eigenvalue weighted by atomic mass is 79.9. The first kappa shape index (κ1) is 13.0. The van der Waals surface area contributed by atoms with Crippen molar-refractivity contribution < 1.29 is 18.3 Å². The van der Waals surface area contributed by atoms with Gasteiger partial charge in [0.15, 0.2) is 0 Å². The molecule has 2 N–H and O–H groups in total. The van der Waals surface area contributed by atoms with Crippen molar-refractivity contribution in [1.29, 1.82) is 0 Å². The van der Waals surface area contributed by atoms with E-state index in [0.29, 0.717) is 0 Å². The van der Waals surface area contributed by atoms with Crippen LogP contribution in [0.25, 0.3) is 0 Å². The summed E-state index contributed by atoms with van der Waals surface area (Å²) in [4.78, 5) is 15.2. The largest absolute Gasteiger partial charge is 0.465 e. The second-order valence-electron chi connectivity index (χ2n) is 2.85. The molecule has 7 heteroatoms. The summed E-state index contributed by atoms with van der Waals surface area (Å²) in [6.07, 6.45) is -2.79. The van der Waals surface area contributed by atoms with Crippen LogP contribution in [0.4, 0.5) is 8.78 Å². The number of halogens is 3. The van der Waals surface area contributed by atoms with Gasteiger partial charge in [0, 0.05) is 12.1 Å². The Morgan fingerprint density at radius 3 is 2.75 bits per heavy atom. The van der Waals surface area contributed by atoms with Crippen LogP contribution >= 0.6 is 15.9 Å². The minimum Gasteiger partial charge on any atom is -0.465 e. The number of nitrogens with zero attached hydrogens (tertiary/aromatic N) is 1. The van der Waals surface area contributed by atoms with Crippen LogP contribution in [-0.4, -0.2) is 18.1 Å². The van der Waals surface area contributed by atoms with Crippen molar-refractivity contribution in [3.05, 3.63) is 27.5 Å². The molecule has 1 rings (SSSR count). The standard InChI is InChI=1S/C9H9BrF2N2O2/c1-16-9(15)7-4(8(11)12)2-6(10)14-5(7)3-13/h2,8H,3,13H2,1H3. The molecule has 0 aromatic carbocycles. The maximum Gasteiger partial charge on any atom is 0.340 e. The lowest BCUT2D eigenvalue weighted by Gasteiger charge is -2.11. The second-order valence-corrected chi connectivity index (χ2v) is 3.66. The highest BCUT2D eigenvalue weighted by Gasteiger charge is 2.24. The molecule has 1 heterocycles. The zero-order chi connectivity index (χ0) is 12.3. The first-order valence-electron chi connectivity index (χ1n) is 4.27. The number of hydrogen-bond donors (Lipinski definition) is 1. The summed E-state index contributed by atoms with van der Waals surface area (Å²) in [6.45, 7) is -0.121. The molecule has 0 bridgehead atoms. The molecule has 88 valence electrons. The Labute approximate surface area is 98.9 Å². The Morgan fingerprint density at radius 1 is 1.69 bits per heavy atom. The van der Waals surface area contributed by atoms with E-state index in [1.165, 1.54) is 0 Å². The molecule has 0 spiro atoms. The normalized spacial score (nSPS) is 10.6. The van der Waals surface area contributed by atoms with Gasteiger partial charge in [-0.25, -0.2) is 18.6 Å². The highest BCUT2D eigenvalue weighted by Crippen LogP contribution is 2.27. The molecule has 0 saturated heterocycles. The quantitative estimate of drug-likeness (QED) is 0.684. The average Bonchev–Trinajstić information content (AvgIpc) is 2.26. The minimum atomic E-state index is -2.79. The fraction of sp³-hybridized carbons (Fsp3) is 0.333. The number of ether oxygens (including phenoxy) is 1. The molecule has 4 nitrogen and oxygen atoms in total. The number of alkyl halides is 2. The Hall–Kier alpha value is -1.08. The number of aromatic nitrogens is 1. The first-order valence-corrected chi connectivity index (χ1v) is 5.06. The van der Waals surface area contributed by atoms with Crippen LogP contribution in [0, 0.1) is 0 Å². The van der Waals surface area contributed by atoms with Gasteiger partial charge < -0.3 is 10.5 Å². The molecule has 0 radical (unpaired) electrons. The van der Waals surface area contributed by atoms with Gasteiger partial charge in [-0.2, -0.15) is 0 Å². The Balaban J connectivity index is 3.45. The Bertz CT molecular complexity index is 413. The van der Waals surface area contributed by atoms with E-state index >= 15 is 0 Å². The van der Waals surface area contributed by atoms with Crippen molar-refractivity contribution in [2.45, 2.75) is 13.0 Å². The number of carbonyl (C=O) groups excluding carboxylic acids is 1. The van der Waals surface area contributed by atoms with Crippen LogP contribution in [-0.2, 0) is 11.3 Å². The lowest BCUT2D eigenvalue weighted by molar-refractivity contribution is 0.0587. The van der Waals surface area contributed by atoms with Crippen molar-refractivity contribution in [2.24, 2.45) is 5.73 Å². The van der Waals surface area contributed by atoms with Gasteiger partial charge in [0.25, 0.3) is 6.43 Å². The fourth-order valence-corrected chi connectivity index (χ4v) is 1.70. The van der Waals surface area contributed by atoms with Crippen molar-refractivity contribution in [2.75, 3.05) is 7.11 Å². The number of nitrogens with two attached hydrogens (primary N) is 1. The maximum absolute atomic E-state index is 12.7. The molecule has 0 aliphatic heterocycles. The van der Waals surface area contributed by atoms with Gasteiger partial charge >= 0.3 is 5.97 Å². The van der Waals surface area contributed by atoms with E-state index in [1.807, 2.05) is 0 Å². The molecule has 0 saturated carbocycles. The molecular formula is C9H9BrF2N2O2. The summed E-state index contributed by atoms with van der Waals surface area (Å²) in [7, 11) is 1.11. The van der Waals surface area contributed by atoms with E-state index < -0.39 is 18.0 Å². The Morgan fingerprint density at radius 2 is 2.31 bits per heavy atom. The number of methoxy groups -OCH3 is 1. The summed E-state index contributed by atoms with van der Waals surface area (Å²) in [6, 6.07) is 1.08. The first-order chi connectivity index (χ1) is 7.51. The SMILES string of the molecule is COC(=O)c1c(C(F)F)cc(Br)nc1CN. The van der Waals surface area contributed by atoms with Crippen LogP contribution < -0.4 is 5.73 Å². The van der Waals surface area contributed by atoms with Gasteiger partial charge in [0.2, 0.25) is 0 Å². The number of rotatable bonds is 3. The molecule has 1 aromatic heterocycles. The van der Waals surface area contributed by atoms with E-state index in [0.717, 1.165) is 13.2 Å². The fourth-order valence-electron chi connectivity index (χ4n) is 1.24. The van der Waals surface area contributed by atoms with Crippen LogP contribution in [0.5, 0.6) is 0 Å². The van der Waals surface area contributed by atoms with Gasteiger partial charge in [-0.15, -0.1) is 0 Å². The molecule has 0 aliphatic rings. The Kier molecular flexibility index (Phi) is 4.31. The number of carbonyl (C=O) groups is 1. The third-order valence-electron chi connectivity index (χ3n) is 1.91. The van der Waals surface area contributed by atoms with E-state index in [1.54, 1.807) is 0 Å². The summed E-state index contributed by atoms with van der Waals surface area (Å²) in [5.41, 5.74) is 4.73. The van der Waals surface area contributed by atoms with Crippen LogP contribution in [0.3, 0.4) is 0 Å². The third-order valence-corrected chi connectivity index (χ3v) is 2.32. The molecule has 16 heavy (non-hydrogen) atoms.